The quantitative estimate of drug-likeness (QED) is 0.0837. The lowest BCUT2D eigenvalue weighted by molar-refractivity contribution is -0.143. The SMILES string of the molecule is NCCCCC(NC(=O)C(N)Cc1ccc(O)cc1)C(=O)NC(CS)C(=O)NC(CCC(=O)O)C(=O)O. The van der Waals surface area contributed by atoms with Gasteiger partial charge < -0.3 is 42.7 Å². The molecule has 1 aromatic carbocycles. The van der Waals surface area contributed by atoms with Crippen molar-refractivity contribution in [3.8, 4) is 5.75 Å². The van der Waals surface area contributed by atoms with Gasteiger partial charge in [0, 0.05) is 12.2 Å². The number of hydrogen-bond acceptors (Lipinski definition) is 9. The van der Waals surface area contributed by atoms with Crippen LogP contribution in [0, 0.1) is 0 Å². The van der Waals surface area contributed by atoms with E-state index >= 15 is 0 Å². The molecule has 1 aromatic rings. The summed E-state index contributed by atoms with van der Waals surface area (Å²) in [6.07, 6.45) is 0.612. The van der Waals surface area contributed by atoms with Crippen LogP contribution in [0.1, 0.15) is 37.7 Å². The Bertz CT molecular complexity index is 930. The van der Waals surface area contributed by atoms with Gasteiger partial charge in [-0.1, -0.05) is 12.1 Å². The number of carboxylic acid groups (broad SMARTS) is 2. The molecule has 0 saturated carbocycles. The van der Waals surface area contributed by atoms with E-state index < -0.39 is 60.2 Å². The third-order valence-electron chi connectivity index (χ3n) is 5.39. The van der Waals surface area contributed by atoms with Crippen LogP contribution in [0.3, 0.4) is 0 Å². The highest BCUT2D eigenvalue weighted by Gasteiger charge is 2.29. The van der Waals surface area contributed by atoms with Gasteiger partial charge in [-0.2, -0.15) is 12.6 Å². The minimum atomic E-state index is -1.47. The van der Waals surface area contributed by atoms with Gasteiger partial charge in [0.25, 0.3) is 0 Å². The fourth-order valence-corrected chi connectivity index (χ4v) is 3.54. The molecule has 0 fully saturated rings. The minimum Gasteiger partial charge on any atom is -0.508 e. The third-order valence-corrected chi connectivity index (χ3v) is 5.75. The zero-order chi connectivity index (χ0) is 28.0. The summed E-state index contributed by atoms with van der Waals surface area (Å²) in [5.74, 6) is -4.93. The molecule has 10 N–H and O–H groups in total. The normalized spacial score (nSPS) is 14.0. The molecule has 3 amide bonds. The Hall–Kier alpha value is -3.36. The number of thiol groups is 1. The summed E-state index contributed by atoms with van der Waals surface area (Å²) in [6, 6.07) is 1.38. The molecule has 0 aromatic heterocycles. The predicted molar refractivity (Wildman–Crippen MR) is 137 cm³/mol. The standard InChI is InChI=1S/C23H35N5O8S/c24-10-2-1-3-16(26-20(32)15(25)11-13-4-6-14(29)7-5-13)21(33)28-18(12-37)22(34)27-17(23(35)36)8-9-19(30)31/h4-7,15-18,29,37H,1-3,8-12,24-25H2,(H,26,32)(H,27,34)(H,28,33)(H,30,31)(H,35,36). The van der Waals surface area contributed by atoms with Crippen molar-refractivity contribution in [2.45, 2.75) is 62.7 Å². The molecule has 1 rings (SSSR count). The van der Waals surface area contributed by atoms with E-state index in [1.54, 1.807) is 12.1 Å². The molecule has 0 aliphatic heterocycles. The highest BCUT2D eigenvalue weighted by molar-refractivity contribution is 7.80. The Balaban J connectivity index is 2.85. The molecule has 4 atom stereocenters. The maximum atomic E-state index is 13.0. The second-order valence-electron chi connectivity index (χ2n) is 8.40. The zero-order valence-corrected chi connectivity index (χ0v) is 21.2. The van der Waals surface area contributed by atoms with Gasteiger partial charge in [0.2, 0.25) is 17.7 Å². The highest BCUT2D eigenvalue weighted by atomic mass is 32.1. The van der Waals surface area contributed by atoms with Crippen LogP contribution >= 0.6 is 12.6 Å². The molecular formula is C23H35N5O8S. The van der Waals surface area contributed by atoms with Gasteiger partial charge in [-0.05, 0) is 56.3 Å². The maximum absolute atomic E-state index is 13.0. The van der Waals surface area contributed by atoms with Gasteiger partial charge in [0.05, 0.1) is 6.04 Å². The molecular weight excluding hydrogens is 506 g/mol. The smallest absolute Gasteiger partial charge is 0.326 e. The third kappa shape index (κ3) is 11.9. The van der Waals surface area contributed by atoms with Crippen LogP contribution in [0.15, 0.2) is 24.3 Å². The van der Waals surface area contributed by atoms with Crippen molar-refractivity contribution in [1.29, 1.82) is 0 Å². The molecule has 0 radical (unpaired) electrons. The van der Waals surface area contributed by atoms with Crippen LogP contribution < -0.4 is 27.4 Å². The number of benzene rings is 1. The summed E-state index contributed by atoms with van der Waals surface area (Å²) in [6.45, 7) is 0.372. The number of aliphatic carboxylic acids is 2. The lowest BCUT2D eigenvalue weighted by Crippen LogP contribution is -2.57. The first-order valence-electron chi connectivity index (χ1n) is 11.7. The van der Waals surface area contributed by atoms with Crippen molar-refractivity contribution in [3.05, 3.63) is 29.8 Å². The van der Waals surface area contributed by atoms with Crippen molar-refractivity contribution in [2.24, 2.45) is 11.5 Å². The van der Waals surface area contributed by atoms with E-state index in [-0.39, 0.29) is 30.8 Å². The largest absolute Gasteiger partial charge is 0.508 e. The van der Waals surface area contributed by atoms with Crippen LogP contribution in [0.25, 0.3) is 0 Å². The molecule has 37 heavy (non-hydrogen) atoms. The summed E-state index contributed by atoms with van der Waals surface area (Å²) in [5.41, 5.74) is 12.2. The van der Waals surface area contributed by atoms with Gasteiger partial charge in [-0.3, -0.25) is 19.2 Å². The number of nitrogens with one attached hydrogen (secondary N) is 3. The van der Waals surface area contributed by atoms with Gasteiger partial charge in [-0.25, -0.2) is 4.79 Å². The van der Waals surface area contributed by atoms with Crippen LogP contribution in [0.4, 0.5) is 0 Å². The molecule has 14 heteroatoms. The molecule has 0 aliphatic rings. The zero-order valence-electron chi connectivity index (χ0n) is 20.3. The molecule has 0 aliphatic carbocycles. The van der Waals surface area contributed by atoms with E-state index in [9.17, 15) is 34.2 Å². The number of carboxylic acids is 2. The van der Waals surface area contributed by atoms with E-state index in [0.717, 1.165) is 0 Å². The summed E-state index contributed by atoms with van der Waals surface area (Å²) in [5, 5.41) is 34.7. The van der Waals surface area contributed by atoms with Gasteiger partial charge >= 0.3 is 11.9 Å². The number of carbonyl (C=O) groups excluding carboxylic acids is 3. The van der Waals surface area contributed by atoms with Crippen molar-refractivity contribution >= 4 is 42.3 Å². The molecule has 4 unspecified atom stereocenters. The molecule has 13 nitrogen and oxygen atoms in total. The summed E-state index contributed by atoms with van der Waals surface area (Å²) in [7, 11) is 0. The molecule has 0 saturated heterocycles. The van der Waals surface area contributed by atoms with E-state index in [1.165, 1.54) is 12.1 Å². The number of unbranched alkanes of at least 4 members (excludes halogenated alkanes) is 1. The van der Waals surface area contributed by atoms with Crippen LogP contribution in [-0.2, 0) is 30.4 Å². The van der Waals surface area contributed by atoms with E-state index in [2.05, 4.69) is 28.6 Å². The van der Waals surface area contributed by atoms with Gasteiger partial charge in [0.1, 0.15) is 23.9 Å². The minimum absolute atomic E-state index is 0.0674. The first-order chi connectivity index (χ1) is 17.5. The number of amides is 3. The lowest BCUT2D eigenvalue weighted by Gasteiger charge is -2.24. The first-order valence-corrected chi connectivity index (χ1v) is 12.3. The van der Waals surface area contributed by atoms with E-state index in [4.69, 9.17) is 16.6 Å². The average Bonchev–Trinajstić information content (AvgIpc) is 2.85. The Morgan fingerprint density at radius 3 is 1.95 bits per heavy atom. The molecule has 0 spiro atoms. The Morgan fingerprint density at radius 1 is 0.838 bits per heavy atom. The Labute approximate surface area is 219 Å². The number of aromatic hydroxyl groups is 1. The summed E-state index contributed by atoms with van der Waals surface area (Å²) < 4.78 is 0. The Morgan fingerprint density at radius 2 is 1.41 bits per heavy atom. The van der Waals surface area contributed by atoms with Crippen molar-refractivity contribution < 1.29 is 39.3 Å². The number of phenols is 1. The van der Waals surface area contributed by atoms with Crippen molar-refractivity contribution in [2.75, 3.05) is 12.3 Å². The summed E-state index contributed by atoms with van der Waals surface area (Å²) in [4.78, 5) is 60.4. The number of hydrogen-bond donors (Lipinski definition) is 9. The highest BCUT2D eigenvalue weighted by Crippen LogP contribution is 2.11. The monoisotopic (exact) mass is 541 g/mol. The lowest BCUT2D eigenvalue weighted by atomic mass is 10.0. The second kappa shape index (κ2) is 16.4. The number of phenolic OH excluding ortho intramolecular Hbond substituents is 1. The Kier molecular flexibility index (Phi) is 14.0. The molecule has 0 heterocycles. The number of carbonyl (C=O) groups is 5. The number of rotatable bonds is 17. The molecule has 206 valence electrons. The first kappa shape index (κ1) is 31.7. The fraction of sp³-hybridized carbons (Fsp3) is 0.522. The second-order valence-corrected chi connectivity index (χ2v) is 8.76. The van der Waals surface area contributed by atoms with Gasteiger partial charge in [-0.15, -0.1) is 0 Å². The van der Waals surface area contributed by atoms with E-state index in [1.807, 2.05) is 0 Å². The number of nitrogens with two attached hydrogens (primary N) is 2. The fourth-order valence-electron chi connectivity index (χ4n) is 3.28. The average molecular weight is 542 g/mol. The summed E-state index contributed by atoms with van der Waals surface area (Å²) >= 11 is 4.05. The van der Waals surface area contributed by atoms with Gasteiger partial charge in [0.15, 0.2) is 0 Å². The van der Waals surface area contributed by atoms with Crippen LogP contribution in [-0.4, -0.2) is 81.4 Å². The predicted octanol–water partition coefficient (Wildman–Crippen LogP) is -1.28. The van der Waals surface area contributed by atoms with Crippen molar-refractivity contribution in [1.82, 2.24) is 16.0 Å². The van der Waals surface area contributed by atoms with Crippen LogP contribution in [0.5, 0.6) is 5.75 Å². The van der Waals surface area contributed by atoms with Crippen LogP contribution in [0.2, 0.25) is 0 Å². The molecule has 0 bridgehead atoms. The van der Waals surface area contributed by atoms with Crippen molar-refractivity contribution in [3.63, 3.8) is 0 Å². The topological polar surface area (TPSA) is 234 Å². The van der Waals surface area contributed by atoms with E-state index in [0.29, 0.717) is 24.9 Å². The maximum Gasteiger partial charge on any atom is 0.326 e.